The van der Waals surface area contributed by atoms with Gasteiger partial charge in [-0.05, 0) is 37.5 Å². The van der Waals surface area contributed by atoms with Gasteiger partial charge in [-0.3, -0.25) is 14.4 Å². The molecule has 8 nitrogen and oxygen atoms in total. The minimum Gasteiger partial charge on any atom is -0.394 e. The first-order chi connectivity index (χ1) is 11.1. The smallest absolute Gasteiger partial charge is 0.252 e. The van der Waals surface area contributed by atoms with E-state index in [-0.39, 0.29) is 23.6 Å². The fourth-order valence-electron chi connectivity index (χ4n) is 2.66. The molecule has 24 heavy (non-hydrogen) atoms. The summed E-state index contributed by atoms with van der Waals surface area (Å²) >= 11 is 0. The number of aliphatic hydroxyl groups is 2. The standard InChI is InChI=1S/C16H23N3O5/c1-7-12(15(17)23)8(2)14(19-10(4)21)9(3)13(7)16(24)18-5-11(22)6-20/h11,20,22H,5-6H2,1-4H3,(H2,17,23)(H,18,24)(H,19,21). The highest BCUT2D eigenvalue weighted by Crippen LogP contribution is 2.31. The second-order valence-electron chi connectivity index (χ2n) is 5.59. The van der Waals surface area contributed by atoms with Crippen molar-refractivity contribution in [1.29, 1.82) is 0 Å². The number of anilines is 1. The van der Waals surface area contributed by atoms with Crippen LogP contribution in [0, 0.1) is 20.8 Å². The third-order valence-electron chi connectivity index (χ3n) is 3.73. The first-order valence-electron chi connectivity index (χ1n) is 7.40. The summed E-state index contributed by atoms with van der Waals surface area (Å²) < 4.78 is 0. The van der Waals surface area contributed by atoms with Gasteiger partial charge in [-0.25, -0.2) is 0 Å². The van der Waals surface area contributed by atoms with Crippen LogP contribution >= 0.6 is 0 Å². The fraction of sp³-hybridized carbons (Fsp3) is 0.438. The highest BCUT2D eigenvalue weighted by atomic mass is 16.3. The van der Waals surface area contributed by atoms with Crippen molar-refractivity contribution < 1.29 is 24.6 Å². The van der Waals surface area contributed by atoms with Crippen molar-refractivity contribution in [1.82, 2.24) is 5.32 Å². The van der Waals surface area contributed by atoms with Gasteiger partial charge in [-0.2, -0.15) is 0 Å². The van der Waals surface area contributed by atoms with E-state index >= 15 is 0 Å². The van der Waals surface area contributed by atoms with Gasteiger partial charge in [0.15, 0.2) is 0 Å². The van der Waals surface area contributed by atoms with Gasteiger partial charge in [-0.1, -0.05) is 0 Å². The molecule has 1 atom stereocenters. The summed E-state index contributed by atoms with van der Waals surface area (Å²) in [5, 5.41) is 23.3. The number of carbonyl (C=O) groups excluding carboxylic acids is 3. The van der Waals surface area contributed by atoms with E-state index in [1.165, 1.54) is 6.92 Å². The number of primary amides is 1. The van der Waals surface area contributed by atoms with Gasteiger partial charge < -0.3 is 26.6 Å². The second kappa shape index (κ2) is 7.89. The summed E-state index contributed by atoms with van der Waals surface area (Å²) in [5.41, 5.74) is 7.50. The molecule has 6 N–H and O–H groups in total. The normalized spacial score (nSPS) is 11.8. The molecule has 8 heteroatoms. The summed E-state index contributed by atoms with van der Waals surface area (Å²) in [6, 6.07) is 0. The predicted octanol–water partition coefficient (Wildman–Crippen LogP) is -0.248. The lowest BCUT2D eigenvalue weighted by Crippen LogP contribution is -2.35. The van der Waals surface area contributed by atoms with E-state index in [4.69, 9.17) is 10.8 Å². The topological polar surface area (TPSA) is 142 Å². The zero-order valence-electron chi connectivity index (χ0n) is 14.2. The van der Waals surface area contributed by atoms with Crippen molar-refractivity contribution in [2.45, 2.75) is 33.8 Å². The van der Waals surface area contributed by atoms with Crippen molar-refractivity contribution >= 4 is 23.4 Å². The van der Waals surface area contributed by atoms with E-state index in [9.17, 15) is 19.5 Å². The molecule has 0 saturated carbocycles. The summed E-state index contributed by atoms with van der Waals surface area (Å²) in [5.74, 6) is -1.59. The Morgan fingerprint density at radius 3 is 2.08 bits per heavy atom. The molecule has 1 unspecified atom stereocenters. The Bertz CT molecular complexity index is 685. The largest absolute Gasteiger partial charge is 0.394 e. The van der Waals surface area contributed by atoms with Crippen molar-refractivity contribution in [2.24, 2.45) is 5.73 Å². The second-order valence-corrected chi connectivity index (χ2v) is 5.59. The molecule has 0 aromatic heterocycles. The van der Waals surface area contributed by atoms with Gasteiger partial charge in [-0.15, -0.1) is 0 Å². The summed E-state index contributed by atoms with van der Waals surface area (Å²) in [4.78, 5) is 35.7. The molecule has 132 valence electrons. The monoisotopic (exact) mass is 337 g/mol. The van der Waals surface area contributed by atoms with Gasteiger partial charge >= 0.3 is 0 Å². The van der Waals surface area contributed by atoms with Crippen LogP contribution in [0.3, 0.4) is 0 Å². The Labute approximate surface area is 140 Å². The van der Waals surface area contributed by atoms with Gasteiger partial charge in [0, 0.05) is 30.3 Å². The lowest BCUT2D eigenvalue weighted by molar-refractivity contribution is -0.114. The molecular formula is C16H23N3O5. The molecule has 0 heterocycles. The number of nitrogens with one attached hydrogen (secondary N) is 2. The van der Waals surface area contributed by atoms with Crippen LogP contribution in [0.4, 0.5) is 5.69 Å². The Kier molecular flexibility index (Phi) is 6.44. The van der Waals surface area contributed by atoms with E-state index in [1.807, 2.05) is 0 Å². The summed E-state index contributed by atoms with van der Waals surface area (Å²) in [6.07, 6.45) is -1.09. The molecular weight excluding hydrogens is 314 g/mol. The first kappa shape index (κ1) is 19.6. The number of hydrogen-bond acceptors (Lipinski definition) is 5. The Hall–Kier alpha value is -2.45. The summed E-state index contributed by atoms with van der Waals surface area (Å²) in [6.45, 7) is 5.56. The SMILES string of the molecule is CC(=O)Nc1c(C)c(C(N)=O)c(C)c(C(=O)NCC(O)CO)c1C. The van der Waals surface area contributed by atoms with Crippen LogP contribution in [0.25, 0.3) is 0 Å². The molecule has 0 aliphatic rings. The quantitative estimate of drug-likeness (QED) is 0.487. The summed E-state index contributed by atoms with van der Waals surface area (Å²) in [7, 11) is 0. The number of nitrogens with two attached hydrogens (primary N) is 1. The van der Waals surface area contributed by atoms with Crippen LogP contribution < -0.4 is 16.4 Å². The number of hydrogen-bond donors (Lipinski definition) is 5. The van der Waals surface area contributed by atoms with Crippen LogP contribution in [0.2, 0.25) is 0 Å². The molecule has 3 amide bonds. The fourth-order valence-corrected chi connectivity index (χ4v) is 2.66. The molecule has 1 aromatic carbocycles. The van der Waals surface area contributed by atoms with E-state index in [0.717, 1.165) is 0 Å². The minimum atomic E-state index is -1.09. The Morgan fingerprint density at radius 2 is 1.62 bits per heavy atom. The third kappa shape index (κ3) is 4.09. The molecule has 0 fully saturated rings. The molecule has 0 bridgehead atoms. The molecule has 0 aliphatic heterocycles. The van der Waals surface area contributed by atoms with Crippen LogP contribution in [0.5, 0.6) is 0 Å². The molecule has 0 aliphatic carbocycles. The molecule has 1 rings (SSSR count). The van der Waals surface area contributed by atoms with Gasteiger partial charge in [0.25, 0.3) is 5.91 Å². The van der Waals surface area contributed by atoms with E-state index in [0.29, 0.717) is 22.4 Å². The Morgan fingerprint density at radius 1 is 1.08 bits per heavy atom. The molecule has 1 aromatic rings. The molecule has 0 radical (unpaired) electrons. The number of benzene rings is 1. The lowest BCUT2D eigenvalue weighted by atomic mass is 9.90. The van der Waals surface area contributed by atoms with E-state index < -0.39 is 24.5 Å². The first-order valence-corrected chi connectivity index (χ1v) is 7.40. The molecule has 0 saturated heterocycles. The van der Waals surface area contributed by atoms with Gasteiger partial charge in [0.2, 0.25) is 11.8 Å². The van der Waals surface area contributed by atoms with Crippen molar-refractivity contribution in [3.05, 3.63) is 27.8 Å². The molecule has 0 spiro atoms. The van der Waals surface area contributed by atoms with Crippen LogP contribution in [-0.4, -0.2) is 47.2 Å². The predicted molar refractivity (Wildman–Crippen MR) is 88.9 cm³/mol. The van der Waals surface area contributed by atoms with Crippen molar-refractivity contribution in [3.63, 3.8) is 0 Å². The Balaban J connectivity index is 3.47. The van der Waals surface area contributed by atoms with Crippen molar-refractivity contribution in [2.75, 3.05) is 18.5 Å². The minimum absolute atomic E-state index is 0.149. The number of aliphatic hydroxyl groups excluding tert-OH is 2. The average molecular weight is 337 g/mol. The number of rotatable bonds is 6. The maximum atomic E-state index is 12.5. The van der Waals surface area contributed by atoms with Crippen LogP contribution in [-0.2, 0) is 4.79 Å². The average Bonchev–Trinajstić information content (AvgIpc) is 2.48. The van der Waals surface area contributed by atoms with E-state index in [2.05, 4.69) is 10.6 Å². The zero-order chi connectivity index (χ0) is 18.6. The van der Waals surface area contributed by atoms with Gasteiger partial charge in [0.05, 0.1) is 12.7 Å². The van der Waals surface area contributed by atoms with Crippen LogP contribution in [0.15, 0.2) is 0 Å². The number of carbonyl (C=O) groups is 3. The van der Waals surface area contributed by atoms with Gasteiger partial charge in [0.1, 0.15) is 0 Å². The lowest BCUT2D eigenvalue weighted by Gasteiger charge is -2.21. The van der Waals surface area contributed by atoms with Crippen LogP contribution in [0.1, 0.15) is 44.3 Å². The zero-order valence-corrected chi connectivity index (χ0v) is 14.2. The highest BCUT2D eigenvalue weighted by molar-refractivity contribution is 6.07. The highest BCUT2D eigenvalue weighted by Gasteiger charge is 2.24. The number of amides is 3. The van der Waals surface area contributed by atoms with E-state index in [1.54, 1.807) is 20.8 Å². The maximum absolute atomic E-state index is 12.5. The maximum Gasteiger partial charge on any atom is 0.252 e. The third-order valence-corrected chi connectivity index (χ3v) is 3.73. The van der Waals surface area contributed by atoms with Crippen molar-refractivity contribution in [3.8, 4) is 0 Å².